The van der Waals surface area contributed by atoms with Crippen molar-refractivity contribution in [2.75, 3.05) is 13.1 Å². The minimum Gasteiger partial charge on any atom is -0.480 e. The molecule has 1 saturated heterocycles. The molecule has 0 bridgehead atoms. The van der Waals surface area contributed by atoms with Crippen LogP contribution in [0, 0.1) is 0 Å². The minimum absolute atomic E-state index is 0.0559. The Labute approximate surface area is 141 Å². The van der Waals surface area contributed by atoms with Gasteiger partial charge in [0.25, 0.3) is 5.91 Å². The zero-order chi connectivity index (χ0) is 17.9. The Hall–Kier alpha value is -1.87. The molecule has 0 saturated carbocycles. The fourth-order valence-electron chi connectivity index (χ4n) is 2.73. The molecule has 1 aromatic heterocycles. The number of hydrogen-bond donors (Lipinski definition) is 2. The summed E-state index contributed by atoms with van der Waals surface area (Å²) in [5.41, 5.74) is 0.116. The number of aromatic nitrogens is 1. The van der Waals surface area contributed by atoms with Crippen LogP contribution in [0.4, 0.5) is 0 Å². The number of carboxylic acids is 1. The van der Waals surface area contributed by atoms with E-state index in [0.717, 1.165) is 19.3 Å². The number of carboxylic acid groups (broad SMARTS) is 1. The summed E-state index contributed by atoms with van der Waals surface area (Å²) in [5, 5.41) is 11.4. The maximum atomic E-state index is 12.6. The van der Waals surface area contributed by atoms with Crippen LogP contribution in [0.25, 0.3) is 0 Å². The summed E-state index contributed by atoms with van der Waals surface area (Å²) in [5.74, 6) is -1.73. The molecule has 0 aliphatic carbocycles. The van der Waals surface area contributed by atoms with Crippen molar-refractivity contribution in [3.8, 4) is 0 Å². The maximum absolute atomic E-state index is 12.6. The normalized spacial score (nSPS) is 17.4. The lowest BCUT2D eigenvalue weighted by Crippen LogP contribution is -2.40. The molecule has 24 heavy (non-hydrogen) atoms. The van der Waals surface area contributed by atoms with E-state index in [4.69, 9.17) is 5.11 Å². The molecule has 1 fully saturated rings. The Morgan fingerprint density at radius 3 is 2.46 bits per heavy atom. The first-order chi connectivity index (χ1) is 11.3. The SMILES string of the molecule is CCC(NC(=O)c1cc(S(=O)(=O)N2CCCCC2)cn1C)C(=O)O. The van der Waals surface area contributed by atoms with Gasteiger partial charge in [0.15, 0.2) is 0 Å². The Balaban J connectivity index is 2.23. The van der Waals surface area contributed by atoms with Crippen molar-refractivity contribution in [1.82, 2.24) is 14.2 Å². The summed E-state index contributed by atoms with van der Waals surface area (Å²) in [6, 6.07) is 0.294. The van der Waals surface area contributed by atoms with Crippen LogP contribution in [0.2, 0.25) is 0 Å². The average molecular weight is 357 g/mol. The van der Waals surface area contributed by atoms with Crippen molar-refractivity contribution in [3.63, 3.8) is 0 Å². The topological polar surface area (TPSA) is 109 Å². The molecule has 1 aliphatic rings. The molecular formula is C15H23N3O5S. The number of carbonyl (C=O) groups excluding carboxylic acids is 1. The lowest BCUT2D eigenvalue weighted by atomic mass is 10.2. The van der Waals surface area contributed by atoms with Gasteiger partial charge in [0.05, 0.1) is 0 Å². The average Bonchev–Trinajstić information content (AvgIpc) is 2.95. The second-order valence-corrected chi connectivity index (χ2v) is 7.85. The fraction of sp³-hybridized carbons (Fsp3) is 0.600. The first kappa shape index (κ1) is 18.5. The molecular weight excluding hydrogens is 334 g/mol. The molecule has 2 N–H and O–H groups in total. The Bertz CT molecular complexity index is 719. The Morgan fingerprint density at radius 1 is 1.29 bits per heavy atom. The summed E-state index contributed by atoms with van der Waals surface area (Å²) in [4.78, 5) is 23.3. The zero-order valence-corrected chi connectivity index (χ0v) is 14.7. The summed E-state index contributed by atoms with van der Waals surface area (Å²) >= 11 is 0. The number of nitrogens with one attached hydrogen (secondary N) is 1. The van der Waals surface area contributed by atoms with E-state index in [0.29, 0.717) is 13.1 Å². The van der Waals surface area contributed by atoms with Gasteiger partial charge in [0.2, 0.25) is 10.0 Å². The summed E-state index contributed by atoms with van der Waals surface area (Å²) in [6.07, 6.45) is 4.31. The van der Waals surface area contributed by atoms with Crippen LogP contribution in [0.3, 0.4) is 0 Å². The summed E-state index contributed by atoms with van der Waals surface area (Å²) < 4.78 is 28.1. The van der Waals surface area contributed by atoms with E-state index >= 15 is 0 Å². The van der Waals surface area contributed by atoms with Gasteiger partial charge in [-0.1, -0.05) is 13.3 Å². The Kier molecular flexibility index (Phi) is 5.66. The van der Waals surface area contributed by atoms with Crippen molar-refractivity contribution in [1.29, 1.82) is 0 Å². The summed E-state index contributed by atoms with van der Waals surface area (Å²) in [7, 11) is -2.07. The first-order valence-corrected chi connectivity index (χ1v) is 9.41. The van der Waals surface area contributed by atoms with Crippen LogP contribution in [0.5, 0.6) is 0 Å². The third-order valence-electron chi connectivity index (χ3n) is 4.18. The molecule has 1 amide bonds. The molecule has 0 aromatic carbocycles. The molecule has 8 nitrogen and oxygen atoms in total. The van der Waals surface area contributed by atoms with E-state index < -0.39 is 27.9 Å². The molecule has 0 spiro atoms. The van der Waals surface area contributed by atoms with Gasteiger partial charge >= 0.3 is 5.97 Å². The highest BCUT2D eigenvalue weighted by molar-refractivity contribution is 7.89. The van der Waals surface area contributed by atoms with E-state index in [1.54, 1.807) is 14.0 Å². The number of piperidine rings is 1. The molecule has 1 aromatic rings. The van der Waals surface area contributed by atoms with Gasteiger partial charge in [0, 0.05) is 26.3 Å². The molecule has 134 valence electrons. The van der Waals surface area contributed by atoms with Gasteiger partial charge in [-0.15, -0.1) is 0 Å². The maximum Gasteiger partial charge on any atom is 0.326 e. The van der Waals surface area contributed by atoms with Gasteiger partial charge < -0.3 is 15.0 Å². The highest BCUT2D eigenvalue weighted by Crippen LogP contribution is 2.22. The van der Waals surface area contributed by atoms with Crippen molar-refractivity contribution >= 4 is 21.9 Å². The second kappa shape index (κ2) is 7.35. The van der Waals surface area contributed by atoms with Crippen LogP contribution in [-0.4, -0.2) is 53.4 Å². The predicted molar refractivity (Wildman–Crippen MR) is 87.2 cm³/mol. The molecule has 1 aliphatic heterocycles. The molecule has 2 rings (SSSR count). The molecule has 9 heteroatoms. The van der Waals surface area contributed by atoms with Crippen LogP contribution in [0.1, 0.15) is 43.1 Å². The third kappa shape index (κ3) is 3.78. The van der Waals surface area contributed by atoms with E-state index in [1.807, 2.05) is 0 Å². The number of hydrogen-bond acceptors (Lipinski definition) is 4. The van der Waals surface area contributed by atoms with E-state index in [-0.39, 0.29) is 17.0 Å². The summed E-state index contributed by atoms with van der Waals surface area (Å²) in [6.45, 7) is 2.61. The van der Waals surface area contributed by atoms with Gasteiger partial charge in [-0.3, -0.25) is 4.79 Å². The van der Waals surface area contributed by atoms with E-state index in [9.17, 15) is 18.0 Å². The third-order valence-corrected chi connectivity index (χ3v) is 6.04. The van der Waals surface area contributed by atoms with Gasteiger partial charge in [-0.05, 0) is 25.3 Å². The number of aliphatic carboxylic acids is 1. The largest absolute Gasteiger partial charge is 0.480 e. The number of nitrogens with zero attached hydrogens (tertiary/aromatic N) is 2. The first-order valence-electron chi connectivity index (χ1n) is 7.97. The molecule has 1 unspecified atom stereocenters. The predicted octanol–water partition coefficient (Wildman–Crippen LogP) is 0.793. The lowest BCUT2D eigenvalue weighted by Gasteiger charge is -2.25. The molecule has 1 atom stereocenters. The molecule has 2 heterocycles. The zero-order valence-electron chi connectivity index (χ0n) is 13.9. The van der Waals surface area contributed by atoms with Crippen molar-refractivity contribution in [2.24, 2.45) is 7.05 Å². The lowest BCUT2D eigenvalue weighted by molar-refractivity contribution is -0.139. The Morgan fingerprint density at radius 2 is 1.92 bits per heavy atom. The van der Waals surface area contributed by atoms with Crippen LogP contribution >= 0.6 is 0 Å². The minimum atomic E-state index is -3.63. The molecule has 0 radical (unpaired) electrons. The highest BCUT2D eigenvalue weighted by atomic mass is 32.2. The fourth-order valence-corrected chi connectivity index (χ4v) is 4.31. The van der Waals surface area contributed by atoms with Crippen LogP contribution < -0.4 is 5.32 Å². The van der Waals surface area contributed by atoms with Crippen LogP contribution in [-0.2, 0) is 21.9 Å². The van der Waals surface area contributed by atoms with E-state index in [1.165, 1.54) is 21.1 Å². The van der Waals surface area contributed by atoms with Crippen molar-refractivity contribution in [3.05, 3.63) is 18.0 Å². The van der Waals surface area contributed by atoms with Crippen LogP contribution in [0.15, 0.2) is 17.2 Å². The van der Waals surface area contributed by atoms with E-state index in [2.05, 4.69) is 5.32 Å². The number of amides is 1. The van der Waals surface area contributed by atoms with Crippen molar-refractivity contribution < 1.29 is 23.1 Å². The van der Waals surface area contributed by atoms with Gasteiger partial charge in [-0.2, -0.15) is 4.31 Å². The quantitative estimate of drug-likeness (QED) is 0.782. The van der Waals surface area contributed by atoms with Gasteiger partial charge in [0.1, 0.15) is 16.6 Å². The smallest absolute Gasteiger partial charge is 0.326 e. The van der Waals surface area contributed by atoms with Crippen molar-refractivity contribution in [2.45, 2.75) is 43.5 Å². The number of carbonyl (C=O) groups is 2. The second-order valence-electron chi connectivity index (χ2n) is 5.91. The number of aryl methyl sites for hydroxylation is 1. The number of rotatable bonds is 6. The highest BCUT2D eigenvalue weighted by Gasteiger charge is 2.29. The van der Waals surface area contributed by atoms with Gasteiger partial charge in [-0.25, -0.2) is 13.2 Å². The number of sulfonamides is 1. The standard InChI is InChI=1S/C15H23N3O5S/c1-3-12(15(20)21)16-14(19)13-9-11(10-17(13)2)24(22,23)18-7-5-4-6-8-18/h9-10,12H,3-8H2,1-2H3,(H,16,19)(H,20,21). The monoisotopic (exact) mass is 357 g/mol.